The Morgan fingerprint density at radius 2 is 2.44 bits per heavy atom. The van der Waals surface area contributed by atoms with Crippen molar-refractivity contribution in [3.63, 3.8) is 0 Å². The molecule has 1 atom stereocenters. The van der Waals surface area contributed by atoms with E-state index in [-0.39, 0.29) is 0 Å². The second kappa shape index (κ2) is 5.01. The van der Waals surface area contributed by atoms with Crippen LogP contribution in [0.15, 0.2) is 18.3 Å². The first-order chi connectivity index (χ1) is 7.72. The molecule has 2 heterocycles. The van der Waals surface area contributed by atoms with Gasteiger partial charge in [0.15, 0.2) is 10.4 Å². The molecule has 0 saturated heterocycles. The molecule has 0 aromatic carbocycles. The van der Waals surface area contributed by atoms with Crippen LogP contribution < -0.4 is 0 Å². The molecule has 16 heavy (non-hydrogen) atoms. The maximum Gasteiger partial charge on any atom is 0.179 e. The lowest BCUT2D eigenvalue weighted by atomic mass is 10.3. The quantitative estimate of drug-likeness (QED) is 0.849. The molecule has 0 aliphatic rings. The van der Waals surface area contributed by atoms with Gasteiger partial charge in [-0.2, -0.15) is 11.8 Å². The molecule has 2 aromatic rings. The second-order valence-electron chi connectivity index (χ2n) is 3.79. The van der Waals surface area contributed by atoms with E-state index >= 15 is 0 Å². The van der Waals surface area contributed by atoms with Gasteiger partial charge in [-0.15, -0.1) is 0 Å². The van der Waals surface area contributed by atoms with E-state index in [1.54, 1.807) is 6.20 Å². The average Bonchev–Trinajstić information content (AvgIpc) is 2.62. The summed E-state index contributed by atoms with van der Waals surface area (Å²) in [6, 6.07) is 3.93. The number of imidazole rings is 1. The summed E-state index contributed by atoms with van der Waals surface area (Å²) in [6.07, 6.45) is 5.05. The van der Waals surface area contributed by atoms with E-state index in [9.17, 15) is 0 Å². The molecule has 3 nitrogen and oxygen atoms in total. The summed E-state index contributed by atoms with van der Waals surface area (Å²) in [6.45, 7) is 3.16. The van der Waals surface area contributed by atoms with E-state index in [0.717, 1.165) is 28.9 Å². The van der Waals surface area contributed by atoms with Crippen molar-refractivity contribution in [3.05, 3.63) is 23.1 Å². The van der Waals surface area contributed by atoms with Gasteiger partial charge in [0.25, 0.3) is 0 Å². The van der Waals surface area contributed by atoms with Gasteiger partial charge in [0.05, 0.1) is 5.52 Å². The lowest BCUT2D eigenvalue weighted by Crippen LogP contribution is -2.05. The van der Waals surface area contributed by atoms with E-state index in [1.807, 2.05) is 23.9 Å². The molecule has 1 unspecified atom stereocenters. The van der Waals surface area contributed by atoms with Crippen molar-refractivity contribution >= 4 is 35.1 Å². The number of pyridine rings is 1. The van der Waals surface area contributed by atoms with Crippen LogP contribution in [0.1, 0.15) is 13.3 Å². The van der Waals surface area contributed by atoms with Gasteiger partial charge in [-0.3, -0.25) is 0 Å². The van der Waals surface area contributed by atoms with Gasteiger partial charge in [0.2, 0.25) is 0 Å². The maximum atomic E-state index is 5.30. The van der Waals surface area contributed by atoms with Crippen LogP contribution in [0.3, 0.4) is 0 Å². The summed E-state index contributed by atoms with van der Waals surface area (Å²) in [7, 11) is 0. The number of nitrogens with zero attached hydrogens (tertiary/aromatic N) is 2. The SMILES string of the molecule is CSC(C)CCn1c(=S)[nH]c2cccnc21. The number of thioether (sulfide) groups is 1. The molecule has 86 valence electrons. The lowest BCUT2D eigenvalue weighted by molar-refractivity contribution is 0.644. The Labute approximate surface area is 104 Å². The minimum absolute atomic E-state index is 0.649. The van der Waals surface area contributed by atoms with Crippen molar-refractivity contribution in [2.45, 2.75) is 25.1 Å². The molecule has 2 rings (SSSR count). The van der Waals surface area contributed by atoms with Crippen LogP contribution in [-0.2, 0) is 6.54 Å². The smallest absolute Gasteiger partial charge is 0.179 e. The number of hydrogen-bond donors (Lipinski definition) is 1. The summed E-state index contributed by atoms with van der Waals surface area (Å²) in [5.41, 5.74) is 1.98. The number of H-pyrrole nitrogens is 1. The van der Waals surface area contributed by atoms with Crippen LogP contribution in [0, 0.1) is 4.77 Å². The van der Waals surface area contributed by atoms with Crippen molar-refractivity contribution in [3.8, 4) is 0 Å². The van der Waals surface area contributed by atoms with E-state index in [1.165, 1.54) is 0 Å². The predicted molar refractivity (Wildman–Crippen MR) is 72.5 cm³/mol. The first-order valence-electron chi connectivity index (χ1n) is 5.28. The molecule has 0 bridgehead atoms. The lowest BCUT2D eigenvalue weighted by Gasteiger charge is -2.08. The van der Waals surface area contributed by atoms with Crippen LogP contribution in [0.2, 0.25) is 0 Å². The third-order valence-corrected chi connectivity index (χ3v) is 4.05. The molecule has 0 aliphatic heterocycles. The van der Waals surface area contributed by atoms with Crippen LogP contribution in [0.4, 0.5) is 0 Å². The molecule has 5 heteroatoms. The van der Waals surface area contributed by atoms with E-state index in [0.29, 0.717) is 5.25 Å². The Kier molecular flexibility index (Phi) is 3.66. The summed E-state index contributed by atoms with van der Waals surface area (Å²) in [5.74, 6) is 0. The molecule has 1 N–H and O–H groups in total. The molecule has 0 amide bonds. The van der Waals surface area contributed by atoms with Crippen molar-refractivity contribution in [2.24, 2.45) is 0 Å². The van der Waals surface area contributed by atoms with Crippen molar-refractivity contribution in [1.82, 2.24) is 14.5 Å². The van der Waals surface area contributed by atoms with Gasteiger partial charge in [0, 0.05) is 18.0 Å². The predicted octanol–water partition coefficient (Wildman–Crippen LogP) is 3.24. The number of hydrogen-bond acceptors (Lipinski definition) is 3. The monoisotopic (exact) mass is 253 g/mol. The zero-order chi connectivity index (χ0) is 11.5. The van der Waals surface area contributed by atoms with Gasteiger partial charge in [-0.05, 0) is 37.0 Å². The summed E-state index contributed by atoms with van der Waals surface area (Å²) >= 11 is 7.18. The summed E-state index contributed by atoms with van der Waals surface area (Å²) < 4.78 is 2.85. The Balaban J connectivity index is 2.29. The number of rotatable bonds is 4. The minimum Gasteiger partial charge on any atom is -0.329 e. The van der Waals surface area contributed by atoms with E-state index in [2.05, 4.69) is 27.7 Å². The van der Waals surface area contributed by atoms with Gasteiger partial charge in [-0.1, -0.05) is 6.92 Å². The third-order valence-electron chi connectivity index (χ3n) is 2.69. The molecule has 0 spiro atoms. The minimum atomic E-state index is 0.649. The first kappa shape index (κ1) is 11.7. The molecule has 0 fully saturated rings. The van der Waals surface area contributed by atoms with Gasteiger partial charge in [0.1, 0.15) is 0 Å². The average molecular weight is 253 g/mol. The fraction of sp³-hybridized carbons (Fsp3) is 0.455. The molecular weight excluding hydrogens is 238 g/mol. The maximum absolute atomic E-state index is 5.30. The molecule has 0 saturated carbocycles. The van der Waals surface area contributed by atoms with Crippen LogP contribution in [0.5, 0.6) is 0 Å². The highest BCUT2D eigenvalue weighted by Gasteiger charge is 2.06. The highest BCUT2D eigenvalue weighted by molar-refractivity contribution is 7.99. The first-order valence-corrected chi connectivity index (χ1v) is 6.98. The number of aromatic nitrogens is 3. The standard InChI is InChI=1S/C11H15N3S2/c1-8(16-2)5-7-14-10-9(13-11(14)15)4-3-6-12-10/h3-4,6,8H,5,7H2,1-2H3,(H,13,15). The highest BCUT2D eigenvalue weighted by Crippen LogP contribution is 2.15. The van der Waals surface area contributed by atoms with E-state index < -0.39 is 0 Å². The number of fused-ring (bicyclic) bond motifs is 1. The van der Waals surface area contributed by atoms with Crippen LogP contribution >= 0.6 is 24.0 Å². The Morgan fingerprint density at radius 1 is 1.62 bits per heavy atom. The third kappa shape index (κ3) is 2.30. The Hall–Kier alpha value is -0.810. The zero-order valence-corrected chi connectivity index (χ0v) is 11.1. The number of nitrogens with one attached hydrogen (secondary N) is 1. The van der Waals surface area contributed by atoms with Gasteiger partial charge >= 0.3 is 0 Å². The zero-order valence-electron chi connectivity index (χ0n) is 9.43. The van der Waals surface area contributed by atoms with Gasteiger partial charge in [-0.25, -0.2) is 4.98 Å². The fourth-order valence-electron chi connectivity index (χ4n) is 1.62. The fourth-order valence-corrected chi connectivity index (χ4v) is 2.25. The Bertz CT molecular complexity index is 529. The number of aryl methyl sites for hydroxylation is 1. The van der Waals surface area contributed by atoms with Crippen molar-refractivity contribution < 1.29 is 0 Å². The number of aromatic amines is 1. The second-order valence-corrected chi connectivity index (χ2v) is 5.45. The largest absolute Gasteiger partial charge is 0.329 e. The molecule has 0 radical (unpaired) electrons. The van der Waals surface area contributed by atoms with Gasteiger partial charge < -0.3 is 9.55 Å². The normalized spacial score (nSPS) is 13.1. The molecule has 0 aliphatic carbocycles. The topological polar surface area (TPSA) is 33.6 Å². The highest BCUT2D eigenvalue weighted by atomic mass is 32.2. The van der Waals surface area contributed by atoms with Crippen molar-refractivity contribution in [2.75, 3.05) is 6.26 Å². The summed E-state index contributed by atoms with van der Waals surface area (Å²) in [5, 5.41) is 0.649. The van der Waals surface area contributed by atoms with Crippen LogP contribution in [0.25, 0.3) is 11.2 Å². The molecule has 2 aromatic heterocycles. The van der Waals surface area contributed by atoms with E-state index in [4.69, 9.17) is 12.2 Å². The van der Waals surface area contributed by atoms with Crippen LogP contribution in [-0.4, -0.2) is 26.0 Å². The molecular formula is C11H15N3S2. The summed E-state index contributed by atoms with van der Waals surface area (Å²) in [4.78, 5) is 7.54. The van der Waals surface area contributed by atoms with Crippen molar-refractivity contribution in [1.29, 1.82) is 0 Å². The Morgan fingerprint density at radius 3 is 3.19 bits per heavy atom.